The minimum absolute atomic E-state index is 0.686. The number of nitriles is 1. The Morgan fingerprint density at radius 1 is 1.32 bits per heavy atom. The highest BCUT2D eigenvalue weighted by Crippen LogP contribution is 2.12. The van der Waals surface area contributed by atoms with Gasteiger partial charge in [0.15, 0.2) is 0 Å². The maximum absolute atomic E-state index is 8.91. The molecule has 0 aliphatic carbocycles. The number of nitrogens with zero attached hydrogens (tertiary/aromatic N) is 4. The third-order valence-electron chi connectivity index (χ3n) is 3.47. The van der Waals surface area contributed by atoms with Crippen LogP contribution in [0.25, 0.3) is 0 Å². The van der Waals surface area contributed by atoms with Gasteiger partial charge in [0.05, 0.1) is 5.69 Å². The van der Waals surface area contributed by atoms with Gasteiger partial charge >= 0.3 is 0 Å². The third kappa shape index (κ3) is 2.69. The van der Waals surface area contributed by atoms with E-state index < -0.39 is 0 Å². The third-order valence-corrected chi connectivity index (χ3v) is 3.47. The molecule has 0 aliphatic heterocycles. The van der Waals surface area contributed by atoms with E-state index in [1.54, 1.807) is 0 Å². The first-order valence-corrected chi connectivity index (χ1v) is 6.28. The van der Waals surface area contributed by atoms with Crippen molar-refractivity contribution in [3.8, 4) is 6.07 Å². The largest absolute Gasteiger partial charge is 0.342 e. The van der Waals surface area contributed by atoms with E-state index in [4.69, 9.17) is 5.26 Å². The molecule has 0 atom stereocenters. The van der Waals surface area contributed by atoms with E-state index in [1.165, 1.54) is 11.3 Å². The summed E-state index contributed by atoms with van der Waals surface area (Å²) >= 11 is 0. The second kappa shape index (κ2) is 5.29. The summed E-state index contributed by atoms with van der Waals surface area (Å²) in [5.74, 6) is 0. The highest BCUT2D eigenvalue weighted by molar-refractivity contribution is 5.28. The standard InChI is InChI=1S/C14H19N5/c1-10-14(11(2)19(4)17-10)8-16-7-12-5-13(6-15)18(3)9-12/h5,9,16H,7-8H2,1-4H3. The van der Waals surface area contributed by atoms with Crippen LogP contribution in [0.3, 0.4) is 0 Å². The quantitative estimate of drug-likeness (QED) is 0.903. The maximum atomic E-state index is 8.91. The topological polar surface area (TPSA) is 58.6 Å². The average Bonchev–Trinajstić information content (AvgIpc) is 2.84. The lowest BCUT2D eigenvalue weighted by Crippen LogP contribution is -2.13. The van der Waals surface area contributed by atoms with Crippen molar-refractivity contribution in [1.29, 1.82) is 5.26 Å². The van der Waals surface area contributed by atoms with Crippen LogP contribution < -0.4 is 5.32 Å². The number of nitrogens with one attached hydrogen (secondary N) is 1. The summed E-state index contributed by atoms with van der Waals surface area (Å²) in [6.07, 6.45) is 1.98. The molecule has 0 radical (unpaired) electrons. The Bertz CT molecular complexity index is 627. The van der Waals surface area contributed by atoms with E-state index in [0.717, 1.165) is 24.3 Å². The van der Waals surface area contributed by atoms with Crippen molar-refractivity contribution in [2.24, 2.45) is 14.1 Å². The molecule has 1 N–H and O–H groups in total. The van der Waals surface area contributed by atoms with Crippen molar-refractivity contribution >= 4 is 0 Å². The van der Waals surface area contributed by atoms with Gasteiger partial charge in [-0.15, -0.1) is 0 Å². The molecule has 0 fully saturated rings. The van der Waals surface area contributed by atoms with Gasteiger partial charge in [0.25, 0.3) is 0 Å². The number of aromatic nitrogens is 3. The van der Waals surface area contributed by atoms with Crippen molar-refractivity contribution < 1.29 is 0 Å². The van der Waals surface area contributed by atoms with Crippen LogP contribution in [0.2, 0.25) is 0 Å². The van der Waals surface area contributed by atoms with Gasteiger partial charge in [0, 0.05) is 44.6 Å². The van der Waals surface area contributed by atoms with Gasteiger partial charge in [0.2, 0.25) is 0 Å². The van der Waals surface area contributed by atoms with Crippen molar-refractivity contribution in [3.63, 3.8) is 0 Å². The summed E-state index contributed by atoms with van der Waals surface area (Å²) in [6, 6.07) is 4.08. The minimum atomic E-state index is 0.686. The SMILES string of the molecule is Cc1nn(C)c(C)c1CNCc1cc(C#N)n(C)c1. The molecule has 2 aromatic rings. The van der Waals surface area contributed by atoms with Crippen LogP contribution in [0, 0.1) is 25.2 Å². The Balaban J connectivity index is 1.98. The van der Waals surface area contributed by atoms with Crippen molar-refractivity contribution in [3.05, 3.63) is 40.5 Å². The fourth-order valence-corrected chi connectivity index (χ4v) is 2.25. The Labute approximate surface area is 113 Å². The van der Waals surface area contributed by atoms with E-state index in [0.29, 0.717) is 5.69 Å². The van der Waals surface area contributed by atoms with E-state index >= 15 is 0 Å². The first kappa shape index (κ1) is 13.4. The first-order chi connectivity index (χ1) is 9.02. The van der Waals surface area contributed by atoms with Crippen LogP contribution in [0.5, 0.6) is 0 Å². The van der Waals surface area contributed by atoms with Gasteiger partial charge in [-0.3, -0.25) is 4.68 Å². The number of hydrogen-bond donors (Lipinski definition) is 1. The highest BCUT2D eigenvalue weighted by Gasteiger charge is 2.09. The van der Waals surface area contributed by atoms with E-state index in [1.807, 2.05) is 42.5 Å². The molecule has 19 heavy (non-hydrogen) atoms. The molecule has 0 aromatic carbocycles. The van der Waals surface area contributed by atoms with Crippen LogP contribution in [-0.4, -0.2) is 14.3 Å². The summed E-state index contributed by atoms with van der Waals surface area (Å²) in [4.78, 5) is 0. The van der Waals surface area contributed by atoms with Gasteiger partial charge in [-0.1, -0.05) is 0 Å². The minimum Gasteiger partial charge on any atom is -0.342 e. The van der Waals surface area contributed by atoms with Crippen LogP contribution in [0.1, 0.15) is 28.2 Å². The summed E-state index contributed by atoms with van der Waals surface area (Å²) in [5, 5.41) is 16.7. The maximum Gasteiger partial charge on any atom is 0.120 e. The van der Waals surface area contributed by atoms with Crippen molar-refractivity contribution in [2.45, 2.75) is 26.9 Å². The molecule has 2 rings (SSSR count). The Morgan fingerprint density at radius 3 is 2.58 bits per heavy atom. The van der Waals surface area contributed by atoms with E-state index in [-0.39, 0.29) is 0 Å². The lowest BCUT2D eigenvalue weighted by Gasteiger charge is -2.04. The summed E-state index contributed by atoms with van der Waals surface area (Å²) in [7, 11) is 3.85. The van der Waals surface area contributed by atoms with Gasteiger partial charge in [-0.25, -0.2) is 0 Å². The zero-order valence-corrected chi connectivity index (χ0v) is 11.9. The molecule has 0 spiro atoms. The molecule has 0 saturated heterocycles. The lowest BCUT2D eigenvalue weighted by molar-refractivity contribution is 0.683. The summed E-state index contributed by atoms with van der Waals surface area (Å²) in [6.45, 7) is 5.65. The molecule has 2 heterocycles. The second-order valence-corrected chi connectivity index (χ2v) is 4.83. The molecule has 100 valence electrons. The van der Waals surface area contributed by atoms with Gasteiger partial charge < -0.3 is 9.88 Å². The van der Waals surface area contributed by atoms with Gasteiger partial charge in [-0.05, 0) is 25.5 Å². The molecule has 0 amide bonds. The van der Waals surface area contributed by atoms with Gasteiger partial charge in [0.1, 0.15) is 11.8 Å². The Kier molecular flexibility index (Phi) is 3.72. The van der Waals surface area contributed by atoms with E-state index in [2.05, 4.69) is 23.4 Å². The normalized spacial score (nSPS) is 10.7. The molecule has 0 aliphatic rings. The molecule has 0 bridgehead atoms. The fraction of sp³-hybridized carbons (Fsp3) is 0.429. The molecule has 0 saturated carbocycles. The molecule has 5 heteroatoms. The van der Waals surface area contributed by atoms with Crippen LogP contribution >= 0.6 is 0 Å². The number of rotatable bonds is 4. The molecule has 2 aromatic heterocycles. The first-order valence-electron chi connectivity index (χ1n) is 6.28. The molecule has 5 nitrogen and oxygen atoms in total. The fourth-order valence-electron chi connectivity index (χ4n) is 2.25. The summed E-state index contributed by atoms with van der Waals surface area (Å²) < 4.78 is 3.75. The second-order valence-electron chi connectivity index (χ2n) is 4.83. The predicted molar refractivity (Wildman–Crippen MR) is 73.4 cm³/mol. The highest BCUT2D eigenvalue weighted by atomic mass is 15.3. The lowest BCUT2D eigenvalue weighted by atomic mass is 10.2. The van der Waals surface area contributed by atoms with Crippen LogP contribution in [0.15, 0.2) is 12.3 Å². The van der Waals surface area contributed by atoms with Crippen LogP contribution in [-0.2, 0) is 27.2 Å². The average molecular weight is 257 g/mol. The number of aryl methyl sites for hydroxylation is 3. The number of hydrogen-bond acceptors (Lipinski definition) is 3. The Morgan fingerprint density at radius 2 is 2.05 bits per heavy atom. The van der Waals surface area contributed by atoms with Crippen molar-refractivity contribution in [2.75, 3.05) is 0 Å². The molecule has 0 unspecified atom stereocenters. The van der Waals surface area contributed by atoms with Crippen molar-refractivity contribution in [1.82, 2.24) is 19.7 Å². The monoisotopic (exact) mass is 257 g/mol. The molecular weight excluding hydrogens is 238 g/mol. The summed E-state index contributed by atoms with van der Waals surface area (Å²) in [5.41, 5.74) is 5.32. The molecular formula is C14H19N5. The zero-order valence-electron chi connectivity index (χ0n) is 11.9. The van der Waals surface area contributed by atoms with Crippen LogP contribution in [0.4, 0.5) is 0 Å². The smallest absolute Gasteiger partial charge is 0.120 e. The zero-order chi connectivity index (χ0) is 14.0. The van der Waals surface area contributed by atoms with Gasteiger partial charge in [-0.2, -0.15) is 10.4 Å². The Hall–Kier alpha value is -2.06. The van der Waals surface area contributed by atoms with E-state index in [9.17, 15) is 0 Å². The predicted octanol–water partition coefficient (Wildman–Crippen LogP) is 1.54.